The van der Waals surface area contributed by atoms with Crippen molar-refractivity contribution in [3.05, 3.63) is 94.8 Å². The molecule has 3 aromatic carbocycles. The molecule has 2 aliphatic rings. The van der Waals surface area contributed by atoms with Gasteiger partial charge in [0.15, 0.2) is 0 Å². The number of benzene rings is 3. The van der Waals surface area contributed by atoms with Crippen LogP contribution < -0.4 is 0 Å². The second-order valence-electron chi connectivity index (χ2n) is 8.46. The lowest BCUT2D eigenvalue weighted by Gasteiger charge is -2.07. The van der Waals surface area contributed by atoms with Crippen molar-refractivity contribution in [2.24, 2.45) is 4.99 Å². The third-order valence-electron chi connectivity index (χ3n) is 6.62. The zero-order chi connectivity index (χ0) is 24.4. The Balaban J connectivity index is 1.53. The minimum absolute atomic E-state index is 0.00158. The maximum atomic E-state index is 9.60. The van der Waals surface area contributed by atoms with Crippen LogP contribution in [-0.4, -0.2) is 20.7 Å². The molecule has 7 rings (SSSR count). The van der Waals surface area contributed by atoms with E-state index in [-0.39, 0.29) is 5.57 Å². The van der Waals surface area contributed by atoms with E-state index >= 15 is 0 Å². The number of allylic oxidation sites excluding steroid dienone is 1. The Kier molecular flexibility index (Phi) is 3.91. The minimum atomic E-state index is 0.00158. The molecule has 0 bridgehead atoms. The average Bonchev–Trinajstić information content (AvgIpc) is 3.38. The SMILES string of the molecule is N#C/N=C1\c2ccccc2-c2cc3cc4nc5c(nc4cc3nc21)C(=C(C#N)C#N)c1ccccc1-5. The molecule has 0 radical (unpaired) electrons. The van der Waals surface area contributed by atoms with Crippen LogP contribution in [0.3, 0.4) is 0 Å². The van der Waals surface area contributed by atoms with Crippen LogP contribution >= 0.6 is 0 Å². The van der Waals surface area contributed by atoms with Crippen LogP contribution in [0, 0.1) is 34.1 Å². The van der Waals surface area contributed by atoms with Crippen LogP contribution in [0.1, 0.15) is 22.5 Å². The maximum absolute atomic E-state index is 9.60. The van der Waals surface area contributed by atoms with Crippen LogP contribution in [0.2, 0.25) is 0 Å². The van der Waals surface area contributed by atoms with Crippen molar-refractivity contribution in [3.8, 4) is 40.7 Å². The number of rotatable bonds is 0. The first kappa shape index (κ1) is 19.7. The molecular weight excluding hydrogens is 446 g/mol. The van der Waals surface area contributed by atoms with E-state index in [1.165, 1.54) is 0 Å². The van der Waals surface area contributed by atoms with E-state index in [0.717, 1.165) is 33.2 Å². The molecule has 7 heteroatoms. The molecule has 0 N–H and O–H groups in total. The molecule has 7 nitrogen and oxygen atoms in total. The normalized spacial score (nSPS) is 13.5. The number of hydrogen-bond donors (Lipinski definition) is 0. The van der Waals surface area contributed by atoms with Gasteiger partial charge in [0.05, 0.1) is 33.6 Å². The molecule has 0 spiro atoms. The summed E-state index contributed by atoms with van der Waals surface area (Å²) in [6.07, 6.45) is 1.90. The quantitative estimate of drug-likeness (QED) is 0.173. The molecule has 2 heterocycles. The first-order valence-corrected chi connectivity index (χ1v) is 11.1. The Bertz CT molecular complexity index is 2010. The lowest BCUT2D eigenvalue weighted by Crippen LogP contribution is -2.01. The van der Waals surface area contributed by atoms with Gasteiger partial charge in [-0.25, -0.2) is 15.0 Å². The second-order valence-corrected chi connectivity index (χ2v) is 8.46. The molecule has 2 aliphatic carbocycles. The monoisotopic (exact) mass is 457 g/mol. The Hall–Kier alpha value is -5.71. The summed E-state index contributed by atoms with van der Waals surface area (Å²) in [6.45, 7) is 0. The summed E-state index contributed by atoms with van der Waals surface area (Å²) in [7, 11) is 0. The number of pyridine rings is 1. The van der Waals surface area contributed by atoms with Gasteiger partial charge in [-0.15, -0.1) is 0 Å². The van der Waals surface area contributed by atoms with Crippen molar-refractivity contribution in [1.82, 2.24) is 15.0 Å². The van der Waals surface area contributed by atoms with E-state index in [2.05, 4.69) is 4.99 Å². The van der Waals surface area contributed by atoms with Crippen LogP contribution in [-0.2, 0) is 0 Å². The Morgan fingerprint density at radius 1 is 0.611 bits per heavy atom. The molecule has 0 saturated carbocycles. The van der Waals surface area contributed by atoms with Gasteiger partial charge in [0.2, 0.25) is 6.19 Å². The fraction of sp³-hybridized carbons (Fsp3) is 0. The van der Waals surface area contributed by atoms with E-state index in [1.54, 1.807) is 0 Å². The predicted octanol–water partition coefficient (Wildman–Crippen LogP) is 5.31. The molecule has 0 saturated heterocycles. The molecule has 0 atom stereocenters. The van der Waals surface area contributed by atoms with Crippen molar-refractivity contribution in [3.63, 3.8) is 0 Å². The highest BCUT2D eigenvalue weighted by atomic mass is 14.9. The van der Waals surface area contributed by atoms with Gasteiger partial charge in [0.1, 0.15) is 23.4 Å². The third kappa shape index (κ3) is 2.53. The molecular formula is C29H11N7. The Morgan fingerprint density at radius 2 is 1.25 bits per heavy atom. The van der Waals surface area contributed by atoms with Gasteiger partial charge in [-0.3, -0.25) is 0 Å². The largest absolute Gasteiger partial charge is 0.245 e. The van der Waals surface area contributed by atoms with E-state index in [9.17, 15) is 15.8 Å². The number of fused-ring (bicyclic) bond motifs is 8. The predicted molar refractivity (Wildman–Crippen MR) is 134 cm³/mol. The van der Waals surface area contributed by atoms with Gasteiger partial charge in [0.25, 0.3) is 0 Å². The van der Waals surface area contributed by atoms with Crippen molar-refractivity contribution in [1.29, 1.82) is 15.8 Å². The summed E-state index contributed by atoms with van der Waals surface area (Å²) in [5, 5.41) is 29.4. The zero-order valence-electron chi connectivity index (χ0n) is 18.5. The minimum Gasteiger partial charge on any atom is -0.245 e. The molecule has 2 aromatic heterocycles. The number of nitrogens with zero attached hydrogens (tertiary/aromatic N) is 7. The van der Waals surface area contributed by atoms with Gasteiger partial charge >= 0.3 is 0 Å². The summed E-state index contributed by atoms with van der Waals surface area (Å²) in [4.78, 5) is 18.7. The zero-order valence-corrected chi connectivity index (χ0v) is 18.5. The van der Waals surface area contributed by atoms with Crippen LogP contribution in [0.25, 0.3) is 49.9 Å². The molecule has 36 heavy (non-hydrogen) atoms. The lowest BCUT2D eigenvalue weighted by molar-refractivity contribution is 1.27. The van der Waals surface area contributed by atoms with Crippen LogP contribution in [0.15, 0.2) is 77.3 Å². The highest BCUT2D eigenvalue weighted by molar-refractivity contribution is 6.24. The molecule has 162 valence electrons. The molecule has 0 amide bonds. The van der Waals surface area contributed by atoms with E-state index < -0.39 is 0 Å². The number of aliphatic imine (C=N–C) groups is 1. The summed E-state index contributed by atoms with van der Waals surface area (Å²) < 4.78 is 0. The third-order valence-corrected chi connectivity index (χ3v) is 6.62. The fourth-order valence-electron chi connectivity index (χ4n) is 5.11. The number of nitriles is 3. The lowest BCUT2D eigenvalue weighted by atomic mass is 10.0. The summed E-state index contributed by atoms with van der Waals surface area (Å²) in [5.41, 5.74) is 9.26. The molecule has 0 aliphatic heterocycles. The van der Waals surface area contributed by atoms with Crippen molar-refractivity contribution >= 4 is 33.2 Å². The maximum Gasteiger partial charge on any atom is 0.206 e. The molecule has 5 aromatic rings. The van der Waals surface area contributed by atoms with E-state index in [4.69, 9.17) is 15.0 Å². The first-order chi connectivity index (χ1) is 17.7. The smallest absolute Gasteiger partial charge is 0.206 e. The van der Waals surface area contributed by atoms with E-state index in [0.29, 0.717) is 44.9 Å². The first-order valence-electron chi connectivity index (χ1n) is 11.1. The highest BCUT2D eigenvalue weighted by Gasteiger charge is 2.30. The number of aromatic nitrogens is 3. The van der Waals surface area contributed by atoms with Gasteiger partial charge < -0.3 is 0 Å². The van der Waals surface area contributed by atoms with Crippen molar-refractivity contribution < 1.29 is 0 Å². The average molecular weight is 457 g/mol. The van der Waals surface area contributed by atoms with Crippen LogP contribution in [0.5, 0.6) is 0 Å². The van der Waals surface area contributed by atoms with Gasteiger partial charge in [0, 0.05) is 27.6 Å². The van der Waals surface area contributed by atoms with Crippen LogP contribution in [0.4, 0.5) is 0 Å². The van der Waals surface area contributed by atoms with Crippen molar-refractivity contribution in [2.45, 2.75) is 0 Å². The summed E-state index contributed by atoms with van der Waals surface area (Å²) in [5.74, 6) is 0. The van der Waals surface area contributed by atoms with Gasteiger partial charge in [-0.1, -0.05) is 48.5 Å². The number of hydrogen-bond acceptors (Lipinski definition) is 7. The standard InChI is InChI=1S/C29H11N7/c30-12-16(13-31)25-18-6-2-4-8-20(18)27-29(25)36-24-11-22-15(10-23(24)35-27)9-21-17-5-1-3-7-19(17)26(33-14-32)28(21)34-22/h1-11H/b33-26+. The fourth-order valence-corrected chi connectivity index (χ4v) is 5.11. The Morgan fingerprint density at radius 3 is 2.00 bits per heavy atom. The molecule has 0 fully saturated rings. The Labute approximate surface area is 204 Å². The highest BCUT2D eigenvalue weighted by Crippen LogP contribution is 2.44. The van der Waals surface area contributed by atoms with Gasteiger partial charge in [-0.05, 0) is 29.3 Å². The van der Waals surface area contributed by atoms with E-state index in [1.807, 2.05) is 85.1 Å². The second kappa shape index (κ2) is 7.14. The van der Waals surface area contributed by atoms with Crippen molar-refractivity contribution in [2.75, 3.05) is 0 Å². The topological polar surface area (TPSA) is 122 Å². The summed E-state index contributed by atoms with van der Waals surface area (Å²) in [6, 6.07) is 25.3. The molecule has 0 unspecified atom stereocenters. The summed E-state index contributed by atoms with van der Waals surface area (Å²) >= 11 is 0. The van der Waals surface area contributed by atoms with Gasteiger partial charge in [-0.2, -0.15) is 20.8 Å².